The molecular weight excluding hydrogens is 254 g/mol. The van der Waals surface area contributed by atoms with Gasteiger partial charge in [0.25, 0.3) is 0 Å². The summed E-state index contributed by atoms with van der Waals surface area (Å²) in [4.78, 5) is 11.1. The molecule has 1 aliphatic rings. The van der Waals surface area contributed by atoms with Crippen LogP contribution in [0.15, 0.2) is 0 Å². The SMILES string of the molecule is CC(=O)NC1CCOC(c2c(C)nn(C)c2Cl)C1. The van der Waals surface area contributed by atoms with Crippen molar-refractivity contribution in [3.63, 3.8) is 0 Å². The van der Waals surface area contributed by atoms with Gasteiger partial charge in [-0.2, -0.15) is 5.10 Å². The lowest BCUT2D eigenvalue weighted by Gasteiger charge is -2.30. The summed E-state index contributed by atoms with van der Waals surface area (Å²) < 4.78 is 7.41. The molecule has 100 valence electrons. The van der Waals surface area contributed by atoms with Gasteiger partial charge in [-0.05, 0) is 19.8 Å². The third-order valence-electron chi connectivity index (χ3n) is 3.21. The first-order valence-corrected chi connectivity index (χ1v) is 6.44. The summed E-state index contributed by atoms with van der Waals surface area (Å²) in [6.07, 6.45) is 1.50. The van der Waals surface area contributed by atoms with E-state index < -0.39 is 0 Å². The van der Waals surface area contributed by atoms with E-state index >= 15 is 0 Å². The Hall–Kier alpha value is -1.07. The van der Waals surface area contributed by atoms with E-state index in [0.29, 0.717) is 11.8 Å². The predicted octanol–water partition coefficient (Wildman–Crippen LogP) is 1.74. The van der Waals surface area contributed by atoms with Crippen molar-refractivity contribution in [1.82, 2.24) is 15.1 Å². The van der Waals surface area contributed by atoms with E-state index in [9.17, 15) is 4.79 Å². The molecule has 2 heterocycles. The summed E-state index contributed by atoms with van der Waals surface area (Å²) in [5.74, 6) is -0.00495. The van der Waals surface area contributed by atoms with Crippen LogP contribution < -0.4 is 5.32 Å². The van der Waals surface area contributed by atoms with Gasteiger partial charge in [0, 0.05) is 32.2 Å². The van der Waals surface area contributed by atoms with Crippen LogP contribution in [0.1, 0.15) is 37.1 Å². The van der Waals surface area contributed by atoms with Crippen molar-refractivity contribution >= 4 is 17.5 Å². The van der Waals surface area contributed by atoms with Gasteiger partial charge in [-0.3, -0.25) is 9.48 Å². The lowest BCUT2D eigenvalue weighted by molar-refractivity contribution is -0.120. The van der Waals surface area contributed by atoms with Crippen LogP contribution in [0.2, 0.25) is 5.15 Å². The van der Waals surface area contributed by atoms with Gasteiger partial charge >= 0.3 is 0 Å². The van der Waals surface area contributed by atoms with E-state index in [4.69, 9.17) is 16.3 Å². The standard InChI is InChI=1S/C12H18ClN3O2/c1-7-11(12(13)16(3)15-7)10-6-9(4-5-18-10)14-8(2)17/h9-10H,4-6H2,1-3H3,(H,14,17). The van der Waals surface area contributed by atoms with Gasteiger partial charge in [-0.15, -0.1) is 0 Å². The Kier molecular flexibility index (Phi) is 3.92. The van der Waals surface area contributed by atoms with Crippen LogP contribution >= 0.6 is 11.6 Å². The minimum atomic E-state index is -0.0863. The molecule has 0 saturated carbocycles. The zero-order valence-corrected chi connectivity index (χ0v) is 11.6. The number of carbonyl (C=O) groups is 1. The molecule has 0 radical (unpaired) electrons. The zero-order chi connectivity index (χ0) is 13.3. The van der Waals surface area contributed by atoms with Crippen molar-refractivity contribution in [2.24, 2.45) is 7.05 Å². The van der Waals surface area contributed by atoms with Crippen LogP contribution in [0.5, 0.6) is 0 Å². The summed E-state index contributed by atoms with van der Waals surface area (Å²) >= 11 is 6.23. The van der Waals surface area contributed by atoms with Crippen molar-refractivity contribution in [3.8, 4) is 0 Å². The molecule has 2 rings (SSSR count). The quantitative estimate of drug-likeness (QED) is 0.891. The van der Waals surface area contributed by atoms with Crippen molar-refractivity contribution in [2.75, 3.05) is 6.61 Å². The van der Waals surface area contributed by atoms with Gasteiger partial charge < -0.3 is 10.1 Å². The van der Waals surface area contributed by atoms with Crippen LogP contribution in [0.25, 0.3) is 0 Å². The number of amides is 1. The molecule has 5 nitrogen and oxygen atoms in total. The maximum absolute atomic E-state index is 11.1. The molecule has 1 saturated heterocycles. The van der Waals surface area contributed by atoms with Gasteiger partial charge in [0.15, 0.2) is 0 Å². The second-order valence-electron chi connectivity index (χ2n) is 4.69. The van der Waals surface area contributed by atoms with Crippen molar-refractivity contribution < 1.29 is 9.53 Å². The Labute approximate surface area is 111 Å². The smallest absolute Gasteiger partial charge is 0.217 e. The van der Waals surface area contributed by atoms with Gasteiger partial charge in [-0.1, -0.05) is 11.6 Å². The number of aryl methyl sites for hydroxylation is 2. The molecule has 2 unspecified atom stereocenters. The largest absolute Gasteiger partial charge is 0.373 e. The van der Waals surface area contributed by atoms with Crippen molar-refractivity contribution in [3.05, 3.63) is 16.4 Å². The zero-order valence-electron chi connectivity index (χ0n) is 10.9. The summed E-state index contributed by atoms with van der Waals surface area (Å²) in [7, 11) is 1.81. The Morgan fingerprint density at radius 1 is 1.61 bits per heavy atom. The molecule has 0 aliphatic carbocycles. The fourth-order valence-electron chi connectivity index (χ4n) is 2.43. The fraction of sp³-hybridized carbons (Fsp3) is 0.667. The normalized spacial score (nSPS) is 24.0. The Morgan fingerprint density at radius 3 is 2.89 bits per heavy atom. The average molecular weight is 272 g/mol. The highest BCUT2D eigenvalue weighted by Crippen LogP contribution is 2.34. The molecular formula is C12H18ClN3O2. The van der Waals surface area contributed by atoms with E-state index in [1.165, 1.54) is 6.92 Å². The summed E-state index contributed by atoms with van der Waals surface area (Å²) in [6, 6.07) is 0.150. The van der Waals surface area contributed by atoms with Gasteiger partial charge in [0.1, 0.15) is 5.15 Å². The molecule has 1 fully saturated rings. The number of nitrogens with zero attached hydrogens (tertiary/aromatic N) is 2. The number of rotatable bonds is 2. The highest BCUT2D eigenvalue weighted by atomic mass is 35.5. The molecule has 1 aromatic heterocycles. The molecule has 1 aromatic rings. The van der Waals surface area contributed by atoms with Crippen LogP contribution in [-0.4, -0.2) is 28.3 Å². The lowest BCUT2D eigenvalue weighted by Crippen LogP contribution is -2.38. The summed E-state index contributed by atoms with van der Waals surface area (Å²) in [5.41, 5.74) is 1.82. The number of carbonyl (C=O) groups excluding carboxylic acids is 1. The van der Waals surface area contributed by atoms with Crippen molar-refractivity contribution in [1.29, 1.82) is 0 Å². The average Bonchev–Trinajstić information content (AvgIpc) is 2.52. The third-order valence-corrected chi connectivity index (χ3v) is 3.66. The number of hydrogen-bond donors (Lipinski definition) is 1. The number of ether oxygens (including phenoxy) is 1. The van der Waals surface area contributed by atoms with Crippen molar-refractivity contribution in [2.45, 2.75) is 38.8 Å². The highest BCUT2D eigenvalue weighted by molar-refractivity contribution is 6.30. The predicted molar refractivity (Wildman–Crippen MR) is 68.5 cm³/mol. The second-order valence-corrected chi connectivity index (χ2v) is 5.05. The maximum Gasteiger partial charge on any atom is 0.217 e. The molecule has 0 spiro atoms. The summed E-state index contributed by atoms with van der Waals surface area (Å²) in [5, 5.41) is 7.84. The minimum Gasteiger partial charge on any atom is -0.373 e. The third kappa shape index (κ3) is 2.67. The Morgan fingerprint density at radius 2 is 2.33 bits per heavy atom. The van der Waals surface area contributed by atoms with E-state index in [2.05, 4.69) is 10.4 Å². The molecule has 6 heteroatoms. The van der Waals surface area contributed by atoms with Crippen LogP contribution in [0, 0.1) is 6.92 Å². The molecule has 1 amide bonds. The first kappa shape index (κ1) is 13.4. The lowest BCUT2D eigenvalue weighted by atomic mass is 9.98. The molecule has 1 aliphatic heterocycles. The van der Waals surface area contributed by atoms with Gasteiger partial charge in [-0.25, -0.2) is 0 Å². The summed E-state index contributed by atoms with van der Waals surface area (Å²) in [6.45, 7) is 4.08. The van der Waals surface area contributed by atoms with Crippen LogP contribution in [0.3, 0.4) is 0 Å². The van der Waals surface area contributed by atoms with Gasteiger partial charge in [0.05, 0.1) is 11.8 Å². The fourth-order valence-corrected chi connectivity index (χ4v) is 2.73. The molecule has 0 aromatic carbocycles. The first-order chi connectivity index (χ1) is 8.49. The Bertz CT molecular complexity index is 458. The highest BCUT2D eigenvalue weighted by Gasteiger charge is 2.29. The molecule has 2 atom stereocenters. The maximum atomic E-state index is 11.1. The monoisotopic (exact) mass is 271 g/mol. The van der Waals surface area contributed by atoms with Crippen LogP contribution in [0.4, 0.5) is 0 Å². The number of hydrogen-bond acceptors (Lipinski definition) is 3. The molecule has 18 heavy (non-hydrogen) atoms. The molecule has 0 bridgehead atoms. The second kappa shape index (κ2) is 5.28. The molecule has 1 N–H and O–H groups in total. The topological polar surface area (TPSA) is 56.1 Å². The number of halogens is 1. The van der Waals surface area contributed by atoms with E-state index in [1.54, 1.807) is 4.68 Å². The Balaban J connectivity index is 2.15. The number of aromatic nitrogens is 2. The minimum absolute atomic E-state index is 0.00495. The number of nitrogens with one attached hydrogen (secondary N) is 1. The van der Waals surface area contributed by atoms with E-state index in [1.807, 2.05) is 14.0 Å². The van der Waals surface area contributed by atoms with Gasteiger partial charge in [0.2, 0.25) is 5.91 Å². The van der Waals surface area contributed by atoms with E-state index in [-0.39, 0.29) is 18.1 Å². The van der Waals surface area contributed by atoms with Crippen LogP contribution in [-0.2, 0) is 16.6 Å². The first-order valence-electron chi connectivity index (χ1n) is 6.06. The van der Waals surface area contributed by atoms with E-state index in [0.717, 1.165) is 24.1 Å².